The SMILES string of the molecule is CCCOCC=C(C#N)C(=O)O. The van der Waals surface area contributed by atoms with Gasteiger partial charge in [0.15, 0.2) is 0 Å². The van der Waals surface area contributed by atoms with Crippen LogP contribution in [0.15, 0.2) is 11.6 Å². The highest BCUT2D eigenvalue weighted by Gasteiger charge is 2.03. The molecule has 0 bridgehead atoms. The maximum atomic E-state index is 10.2. The van der Waals surface area contributed by atoms with Gasteiger partial charge < -0.3 is 9.84 Å². The summed E-state index contributed by atoms with van der Waals surface area (Å²) >= 11 is 0. The lowest BCUT2D eigenvalue weighted by molar-refractivity contribution is -0.132. The van der Waals surface area contributed by atoms with Crippen LogP contribution in [0.5, 0.6) is 0 Å². The summed E-state index contributed by atoms with van der Waals surface area (Å²) in [7, 11) is 0. The lowest BCUT2D eigenvalue weighted by Crippen LogP contribution is -2.00. The summed E-state index contributed by atoms with van der Waals surface area (Å²) in [4.78, 5) is 10.2. The zero-order valence-electron chi connectivity index (χ0n) is 6.91. The van der Waals surface area contributed by atoms with Crippen LogP contribution < -0.4 is 0 Å². The third-order valence-corrected chi connectivity index (χ3v) is 1.10. The third kappa shape index (κ3) is 4.47. The molecule has 1 N–H and O–H groups in total. The zero-order valence-corrected chi connectivity index (χ0v) is 6.91. The van der Waals surface area contributed by atoms with Gasteiger partial charge in [-0.1, -0.05) is 6.92 Å². The van der Waals surface area contributed by atoms with Gasteiger partial charge in [0.1, 0.15) is 11.6 Å². The summed E-state index contributed by atoms with van der Waals surface area (Å²) in [5.41, 5.74) is -0.272. The number of carbonyl (C=O) groups is 1. The van der Waals surface area contributed by atoms with Crippen LogP contribution in [0, 0.1) is 11.3 Å². The minimum Gasteiger partial charge on any atom is -0.477 e. The molecule has 0 saturated heterocycles. The fourth-order valence-electron chi connectivity index (χ4n) is 0.551. The molecule has 4 heteroatoms. The number of hydrogen-bond donors (Lipinski definition) is 1. The maximum absolute atomic E-state index is 10.2. The van der Waals surface area contributed by atoms with E-state index in [0.717, 1.165) is 6.42 Å². The second-order valence-electron chi connectivity index (χ2n) is 2.11. The van der Waals surface area contributed by atoms with Crippen LogP contribution in [0.2, 0.25) is 0 Å². The molecule has 0 heterocycles. The molecule has 0 atom stereocenters. The van der Waals surface area contributed by atoms with Crippen molar-refractivity contribution in [3.63, 3.8) is 0 Å². The standard InChI is InChI=1S/C8H11NO3/c1-2-4-12-5-3-7(6-9)8(10)11/h3H,2,4-5H2,1H3,(H,10,11). The third-order valence-electron chi connectivity index (χ3n) is 1.10. The van der Waals surface area contributed by atoms with E-state index < -0.39 is 5.97 Å². The van der Waals surface area contributed by atoms with Crippen molar-refractivity contribution >= 4 is 5.97 Å². The minimum atomic E-state index is -1.21. The van der Waals surface area contributed by atoms with Gasteiger partial charge >= 0.3 is 5.97 Å². The van der Waals surface area contributed by atoms with E-state index in [-0.39, 0.29) is 12.2 Å². The average molecular weight is 169 g/mol. The Bertz CT molecular complexity index is 215. The summed E-state index contributed by atoms with van der Waals surface area (Å²) in [6.07, 6.45) is 2.14. The monoisotopic (exact) mass is 169 g/mol. The number of aliphatic carboxylic acids is 1. The molecule has 66 valence electrons. The van der Waals surface area contributed by atoms with Gasteiger partial charge in [-0.05, 0) is 12.5 Å². The smallest absolute Gasteiger partial charge is 0.346 e. The van der Waals surface area contributed by atoms with Crippen molar-refractivity contribution in [3.05, 3.63) is 11.6 Å². The number of ether oxygens (including phenoxy) is 1. The Hall–Kier alpha value is -1.34. The lowest BCUT2D eigenvalue weighted by Gasteiger charge is -1.95. The van der Waals surface area contributed by atoms with Crippen LogP contribution in [-0.2, 0) is 9.53 Å². The van der Waals surface area contributed by atoms with E-state index in [4.69, 9.17) is 15.1 Å². The van der Waals surface area contributed by atoms with Gasteiger partial charge in [-0.15, -0.1) is 0 Å². The molecule has 0 rings (SSSR count). The molecule has 0 aliphatic heterocycles. The van der Waals surface area contributed by atoms with E-state index in [1.807, 2.05) is 6.92 Å². The first-order valence-electron chi connectivity index (χ1n) is 3.63. The average Bonchev–Trinajstić information content (AvgIpc) is 2.04. The Balaban J connectivity index is 3.81. The highest BCUT2D eigenvalue weighted by molar-refractivity contribution is 5.90. The molecule has 12 heavy (non-hydrogen) atoms. The number of rotatable bonds is 5. The fourth-order valence-corrected chi connectivity index (χ4v) is 0.551. The normalized spacial score (nSPS) is 10.8. The second kappa shape index (κ2) is 6.38. The van der Waals surface area contributed by atoms with Crippen molar-refractivity contribution in [3.8, 4) is 6.07 Å². The Morgan fingerprint density at radius 1 is 1.75 bits per heavy atom. The van der Waals surface area contributed by atoms with E-state index in [1.165, 1.54) is 6.08 Å². The Kier molecular flexibility index (Phi) is 5.66. The van der Waals surface area contributed by atoms with Crippen molar-refractivity contribution < 1.29 is 14.6 Å². The van der Waals surface area contributed by atoms with E-state index >= 15 is 0 Å². The molecule has 4 nitrogen and oxygen atoms in total. The van der Waals surface area contributed by atoms with Gasteiger partial charge in [-0.25, -0.2) is 4.79 Å². The lowest BCUT2D eigenvalue weighted by atomic mass is 10.3. The van der Waals surface area contributed by atoms with E-state index in [0.29, 0.717) is 6.61 Å². The zero-order chi connectivity index (χ0) is 9.40. The molecule has 0 saturated carbocycles. The Morgan fingerprint density at radius 2 is 2.42 bits per heavy atom. The van der Waals surface area contributed by atoms with Gasteiger partial charge in [-0.2, -0.15) is 5.26 Å². The second-order valence-corrected chi connectivity index (χ2v) is 2.11. The van der Waals surface area contributed by atoms with Crippen LogP contribution in [-0.4, -0.2) is 24.3 Å². The van der Waals surface area contributed by atoms with Gasteiger partial charge in [0, 0.05) is 6.61 Å². The minimum absolute atomic E-state index is 0.184. The van der Waals surface area contributed by atoms with Crippen LogP contribution in [0.25, 0.3) is 0 Å². The summed E-state index contributed by atoms with van der Waals surface area (Å²) in [6, 6.07) is 1.56. The van der Waals surface area contributed by atoms with Gasteiger partial charge in [-0.3, -0.25) is 0 Å². The van der Waals surface area contributed by atoms with Crippen LogP contribution >= 0.6 is 0 Å². The highest BCUT2D eigenvalue weighted by atomic mass is 16.5. The quantitative estimate of drug-likeness (QED) is 0.378. The predicted molar refractivity (Wildman–Crippen MR) is 42.4 cm³/mol. The fraction of sp³-hybridized carbons (Fsp3) is 0.500. The molecule has 0 aromatic heterocycles. The molecular weight excluding hydrogens is 158 g/mol. The molecule has 0 amide bonds. The molecule has 0 aromatic rings. The highest BCUT2D eigenvalue weighted by Crippen LogP contribution is 1.92. The number of hydrogen-bond acceptors (Lipinski definition) is 3. The topological polar surface area (TPSA) is 70.3 Å². The molecular formula is C8H11NO3. The van der Waals surface area contributed by atoms with Crippen LogP contribution in [0.4, 0.5) is 0 Å². The molecule has 0 fully saturated rings. The summed E-state index contributed by atoms with van der Waals surface area (Å²) in [5, 5.41) is 16.7. The van der Waals surface area contributed by atoms with Crippen molar-refractivity contribution in [2.24, 2.45) is 0 Å². The van der Waals surface area contributed by atoms with Gasteiger partial charge in [0.25, 0.3) is 0 Å². The number of carboxylic acid groups (broad SMARTS) is 1. The molecule has 0 radical (unpaired) electrons. The molecule has 0 aliphatic rings. The largest absolute Gasteiger partial charge is 0.477 e. The summed E-state index contributed by atoms with van der Waals surface area (Å²) in [5.74, 6) is -1.21. The van der Waals surface area contributed by atoms with Crippen molar-refractivity contribution in [2.45, 2.75) is 13.3 Å². The molecule has 0 unspecified atom stereocenters. The number of nitriles is 1. The van der Waals surface area contributed by atoms with E-state index in [2.05, 4.69) is 0 Å². The number of nitrogens with zero attached hydrogens (tertiary/aromatic N) is 1. The molecule has 0 spiro atoms. The van der Waals surface area contributed by atoms with Gasteiger partial charge in [0.05, 0.1) is 6.61 Å². The maximum Gasteiger partial charge on any atom is 0.346 e. The van der Waals surface area contributed by atoms with Crippen molar-refractivity contribution in [2.75, 3.05) is 13.2 Å². The number of carboxylic acids is 1. The van der Waals surface area contributed by atoms with Crippen LogP contribution in [0.3, 0.4) is 0 Å². The predicted octanol–water partition coefficient (Wildman–Crippen LogP) is 0.948. The summed E-state index contributed by atoms with van der Waals surface area (Å²) < 4.78 is 4.97. The first-order valence-corrected chi connectivity index (χ1v) is 3.63. The first-order chi connectivity index (χ1) is 5.72. The van der Waals surface area contributed by atoms with Crippen molar-refractivity contribution in [1.29, 1.82) is 5.26 Å². The van der Waals surface area contributed by atoms with Gasteiger partial charge in [0.2, 0.25) is 0 Å². The Morgan fingerprint density at radius 3 is 2.83 bits per heavy atom. The first kappa shape index (κ1) is 10.7. The van der Waals surface area contributed by atoms with E-state index in [1.54, 1.807) is 6.07 Å². The van der Waals surface area contributed by atoms with Crippen molar-refractivity contribution in [1.82, 2.24) is 0 Å². The molecule has 0 aromatic carbocycles. The van der Waals surface area contributed by atoms with E-state index in [9.17, 15) is 4.79 Å². The molecule has 0 aliphatic carbocycles. The van der Waals surface area contributed by atoms with Crippen LogP contribution in [0.1, 0.15) is 13.3 Å². The Labute approximate surface area is 71.1 Å². The summed E-state index contributed by atoms with van der Waals surface area (Å²) in [6.45, 7) is 2.71.